The molecule has 3 aromatic heterocycles. The first-order valence-electron chi connectivity index (χ1n) is 11.9. The average Bonchev–Trinajstić information content (AvgIpc) is 3.46. The molecule has 212 valence electrons. The second kappa shape index (κ2) is 10.7. The van der Waals surface area contributed by atoms with Crippen molar-refractivity contribution in [2.75, 3.05) is 10.6 Å². The lowest BCUT2D eigenvalue weighted by Crippen LogP contribution is -2.42. The van der Waals surface area contributed by atoms with E-state index >= 15 is 0 Å². The Morgan fingerprint density at radius 3 is 2.33 bits per heavy atom. The van der Waals surface area contributed by atoms with E-state index in [2.05, 4.69) is 25.8 Å². The molecule has 1 amide bonds. The molecule has 3 aromatic rings. The fraction of sp³-hybridized carbons (Fsp3) is 0.500. The Balaban J connectivity index is 0.000000448. The van der Waals surface area contributed by atoms with Gasteiger partial charge in [-0.3, -0.25) is 9.48 Å². The first-order valence-corrected chi connectivity index (χ1v) is 11.9. The number of hydrogen-bond donors (Lipinski definition) is 4. The largest absolute Gasteiger partial charge is 0.490 e. The minimum Gasteiger partial charge on any atom is -0.475 e. The number of rotatable bonds is 5. The molecule has 2 fully saturated rings. The Morgan fingerprint density at radius 2 is 1.74 bits per heavy atom. The summed E-state index contributed by atoms with van der Waals surface area (Å²) in [6.45, 7) is 0. The maximum absolute atomic E-state index is 13.4. The lowest BCUT2D eigenvalue weighted by atomic mass is 9.91. The van der Waals surface area contributed by atoms with Crippen molar-refractivity contribution in [3.05, 3.63) is 35.9 Å². The van der Waals surface area contributed by atoms with Crippen molar-refractivity contribution in [1.82, 2.24) is 24.4 Å². The molecule has 2 atom stereocenters. The Labute approximate surface area is 216 Å². The minimum atomic E-state index is -5.08. The highest BCUT2D eigenvalue weighted by molar-refractivity contribution is 6.08. The number of carboxylic acids is 1. The molecule has 2 saturated carbocycles. The molecule has 0 spiro atoms. The SMILES string of the molecule is N[C@H]1CCCC[C@H]1Nc1ccn2ncc(C(=O)Nc3cn(C4CC4)nc3C(F)(F)F)c2n1.O=C(O)C(F)(F)F. The average molecular weight is 562 g/mol. The molecule has 2 aliphatic rings. The summed E-state index contributed by atoms with van der Waals surface area (Å²) in [4.78, 5) is 26.2. The van der Waals surface area contributed by atoms with E-state index in [0.29, 0.717) is 5.82 Å². The number of anilines is 2. The highest BCUT2D eigenvalue weighted by Gasteiger charge is 2.40. The number of halogens is 6. The van der Waals surface area contributed by atoms with Gasteiger partial charge in [0, 0.05) is 24.5 Å². The highest BCUT2D eigenvalue weighted by atomic mass is 19.4. The monoisotopic (exact) mass is 562 g/mol. The molecule has 17 heteroatoms. The fourth-order valence-electron chi connectivity index (χ4n) is 4.05. The van der Waals surface area contributed by atoms with E-state index in [1.165, 1.54) is 21.6 Å². The number of carbonyl (C=O) groups is 2. The lowest BCUT2D eigenvalue weighted by molar-refractivity contribution is -0.192. The van der Waals surface area contributed by atoms with Gasteiger partial charge in [-0.05, 0) is 31.7 Å². The van der Waals surface area contributed by atoms with Crippen LogP contribution in [-0.4, -0.2) is 59.6 Å². The summed E-state index contributed by atoms with van der Waals surface area (Å²) in [7, 11) is 0. The number of hydrogen-bond acceptors (Lipinski definition) is 7. The predicted molar refractivity (Wildman–Crippen MR) is 124 cm³/mol. The topological polar surface area (TPSA) is 152 Å². The molecule has 11 nitrogen and oxygen atoms in total. The number of nitrogens with one attached hydrogen (secondary N) is 2. The number of fused-ring (bicyclic) bond motifs is 1. The van der Waals surface area contributed by atoms with Gasteiger partial charge in [-0.2, -0.15) is 36.5 Å². The number of aliphatic carboxylic acids is 1. The summed E-state index contributed by atoms with van der Waals surface area (Å²) < 4.78 is 74.7. The summed E-state index contributed by atoms with van der Waals surface area (Å²) >= 11 is 0. The molecular weight excluding hydrogens is 538 g/mol. The van der Waals surface area contributed by atoms with Gasteiger partial charge in [-0.1, -0.05) is 12.8 Å². The fourth-order valence-corrected chi connectivity index (χ4v) is 4.05. The third kappa shape index (κ3) is 6.76. The van der Waals surface area contributed by atoms with Gasteiger partial charge in [0.25, 0.3) is 5.91 Å². The maximum Gasteiger partial charge on any atom is 0.490 e. The third-order valence-electron chi connectivity index (χ3n) is 6.18. The second-order valence-electron chi connectivity index (χ2n) is 9.20. The van der Waals surface area contributed by atoms with Crippen LogP contribution in [0.15, 0.2) is 24.7 Å². The Hall–Kier alpha value is -3.89. The normalized spacial score (nSPS) is 19.8. The Kier molecular flexibility index (Phi) is 7.72. The summed E-state index contributed by atoms with van der Waals surface area (Å²) in [6, 6.07) is 1.75. The van der Waals surface area contributed by atoms with Crippen molar-refractivity contribution in [3.63, 3.8) is 0 Å². The van der Waals surface area contributed by atoms with Crippen molar-refractivity contribution in [1.29, 1.82) is 0 Å². The number of nitrogens with two attached hydrogens (primary N) is 1. The van der Waals surface area contributed by atoms with Gasteiger partial charge in [0.15, 0.2) is 11.3 Å². The van der Waals surface area contributed by atoms with Crippen molar-refractivity contribution in [2.45, 2.75) is 69.0 Å². The van der Waals surface area contributed by atoms with Gasteiger partial charge in [0.05, 0.1) is 17.9 Å². The molecule has 2 aliphatic carbocycles. The van der Waals surface area contributed by atoms with Gasteiger partial charge < -0.3 is 21.5 Å². The first-order chi connectivity index (χ1) is 18.2. The van der Waals surface area contributed by atoms with Gasteiger partial charge >= 0.3 is 18.3 Å². The Morgan fingerprint density at radius 1 is 1.08 bits per heavy atom. The highest BCUT2D eigenvalue weighted by Crippen LogP contribution is 2.39. The van der Waals surface area contributed by atoms with Crippen molar-refractivity contribution in [2.24, 2.45) is 5.73 Å². The molecule has 5 rings (SSSR count). The molecule has 3 heterocycles. The smallest absolute Gasteiger partial charge is 0.475 e. The van der Waals surface area contributed by atoms with Gasteiger partial charge in [-0.15, -0.1) is 0 Å². The molecule has 5 N–H and O–H groups in total. The maximum atomic E-state index is 13.4. The molecule has 0 unspecified atom stereocenters. The van der Waals surface area contributed by atoms with E-state index in [0.717, 1.165) is 38.5 Å². The molecule has 0 radical (unpaired) electrons. The van der Waals surface area contributed by atoms with E-state index in [1.807, 2.05) is 0 Å². The summed E-state index contributed by atoms with van der Waals surface area (Å²) in [5.41, 5.74) is 5.00. The van der Waals surface area contributed by atoms with Crippen molar-refractivity contribution < 1.29 is 41.0 Å². The number of carboxylic acid groups (broad SMARTS) is 1. The van der Waals surface area contributed by atoms with Crippen LogP contribution in [-0.2, 0) is 11.0 Å². The number of alkyl halides is 6. The van der Waals surface area contributed by atoms with E-state index in [4.69, 9.17) is 15.6 Å². The van der Waals surface area contributed by atoms with Crippen LogP contribution < -0.4 is 16.4 Å². The van der Waals surface area contributed by atoms with Crippen LogP contribution >= 0.6 is 0 Å². The van der Waals surface area contributed by atoms with Gasteiger partial charge in [0.2, 0.25) is 0 Å². The van der Waals surface area contributed by atoms with E-state index in [-0.39, 0.29) is 35.0 Å². The van der Waals surface area contributed by atoms with Crippen LogP contribution in [0.25, 0.3) is 5.65 Å². The zero-order chi connectivity index (χ0) is 28.5. The number of nitrogens with zero attached hydrogens (tertiary/aromatic N) is 5. The van der Waals surface area contributed by atoms with Crippen molar-refractivity contribution >= 4 is 29.0 Å². The summed E-state index contributed by atoms with van der Waals surface area (Å²) in [6.07, 6.45) is -0.0565. The molecule has 0 saturated heterocycles. The molecule has 0 aromatic carbocycles. The lowest BCUT2D eigenvalue weighted by Gasteiger charge is -2.29. The number of aromatic nitrogens is 5. The first kappa shape index (κ1) is 28.1. The van der Waals surface area contributed by atoms with E-state index in [9.17, 15) is 31.1 Å². The number of amides is 1. The van der Waals surface area contributed by atoms with Crippen LogP contribution in [0.5, 0.6) is 0 Å². The van der Waals surface area contributed by atoms with Gasteiger partial charge in [-0.25, -0.2) is 14.3 Å². The quantitative estimate of drug-likeness (QED) is 0.342. The minimum absolute atomic E-state index is 0.0123. The molecular formula is C22H24F6N8O3. The zero-order valence-corrected chi connectivity index (χ0v) is 20.1. The van der Waals surface area contributed by atoms with Crippen molar-refractivity contribution in [3.8, 4) is 0 Å². The van der Waals surface area contributed by atoms with Gasteiger partial charge in [0.1, 0.15) is 11.4 Å². The Bertz CT molecular complexity index is 1350. The standard InChI is InChI=1S/C20H23F3N8O.C2HF3O2/c21-20(22,23)17-15(10-31(29-17)11-5-6-11)27-19(32)12-9-25-30-8-7-16(28-18(12)30)26-14-4-2-1-3-13(14)24;3-2(4,5)1(6)7/h7-11,13-14H,1-6,24H2,(H,26,28)(H,27,32);(H,6,7)/t13-,14+;/m0./s1. The van der Waals surface area contributed by atoms with Crippen LogP contribution in [0.2, 0.25) is 0 Å². The van der Waals surface area contributed by atoms with Crippen LogP contribution in [0, 0.1) is 0 Å². The molecule has 0 aliphatic heterocycles. The van der Waals surface area contributed by atoms with Crippen LogP contribution in [0.4, 0.5) is 37.8 Å². The van der Waals surface area contributed by atoms with Crippen LogP contribution in [0.1, 0.15) is 60.6 Å². The second-order valence-corrected chi connectivity index (χ2v) is 9.20. The predicted octanol–water partition coefficient (Wildman–Crippen LogP) is 3.85. The molecule has 0 bridgehead atoms. The zero-order valence-electron chi connectivity index (χ0n) is 20.1. The van der Waals surface area contributed by atoms with E-state index in [1.54, 1.807) is 12.3 Å². The van der Waals surface area contributed by atoms with Crippen LogP contribution in [0.3, 0.4) is 0 Å². The third-order valence-corrected chi connectivity index (χ3v) is 6.18. The van der Waals surface area contributed by atoms with E-state index < -0.39 is 29.9 Å². The molecule has 39 heavy (non-hydrogen) atoms. The summed E-state index contributed by atoms with van der Waals surface area (Å²) in [5, 5.41) is 20.5. The number of carbonyl (C=O) groups excluding carboxylic acids is 1. The summed E-state index contributed by atoms with van der Waals surface area (Å²) in [5.74, 6) is -2.96.